The van der Waals surface area contributed by atoms with Crippen LogP contribution in [0.4, 0.5) is 0 Å². The molecule has 0 rings (SSSR count). The lowest BCUT2D eigenvalue weighted by Gasteiger charge is -2.06. The highest BCUT2D eigenvalue weighted by molar-refractivity contribution is 5.64. The van der Waals surface area contributed by atoms with E-state index in [1.165, 1.54) is 13.2 Å². The molecule has 0 radical (unpaired) electrons. The van der Waals surface area contributed by atoms with E-state index in [1.54, 1.807) is 0 Å². The van der Waals surface area contributed by atoms with Gasteiger partial charge in [-0.3, -0.25) is 4.79 Å². The van der Waals surface area contributed by atoms with Crippen LogP contribution in [0.5, 0.6) is 0 Å². The predicted molar refractivity (Wildman–Crippen MR) is 46.7 cm³/mol. The molecule has 1 unspecified atom stereocenters. The number of aliphatic hydroxyl groups is 1. The monoisotopic (exact) mass is 172 g/mol. The first-order valence-electron chi connectivity index (χ1n) is 4.12. The molecule has 0 spiro atoms. The summed E-state index contributed by atoms with van der Waals surface area (Å²) >= 11 is 0. The normalized spacial score (nSPS) is 13.5. The molecule has 0 aromatic rings. The fourth-order valence-electron chi connectivity index (χ4n) is 0.851. The first-order chi connectivity index (χ1) is 5.81. The number of allylic oxidation sites excluding steroid dienone is 2. The van der Waals surface area contributed by atoms with Crippen LogP contribution in [0, 0.1) is 0 Å². The lowest BCUT2D eigenvalue weighted by molar-refractivity contribution is -0.104. The number of carbonyl (C=O) groups excluding carboxylic acids is 1. The first kappa shape index (κ1) is 11.3. The Morgan fingerprint density at radius 3 is 2.83 bits per heavy atom. The molecular weight excluding hydrogens is 156 g/mol. The molecule has 1 N–H and O–H groups in total. The standard InChI is InChI=1S/C9H16O3/c1-12-9(11)7-5-3-2-4-6-8-10/h4,6,8-9,11H,2-3,5,7H2,1H3/b6-4+. The first-order valence-corrected chi connectivity index (χ1v) is 4.12. The van der Waals surface area contributed by atoms with Crippen LogP contribution >= 0.6 is 0 Å². The summed E-state index contributed by atoms with van der Waals surface area (Å²) < 4.78 is 4.66. The van der Waals surface area contributed by atoms with Crippen LogP contribution in [0.3, 0.4) is 0 Å². The molecule has 0 saturated carbocycles. The molecule has 0 aromatic heterocycles. The maximum atomic E-state index is 9.85. The van der Waals surface area contributed by atoms with Crippen molar-refractivity contribution in [2.45, 2.75) is 32.0 Å². The SMILES string of the molecule is COC(O)CCCC/C=C/C=O. The van der Waals surface area contributed by atoms with Crippen LogP contribution in [0.1, 0.15) is 25.7 Å². The summed E-state index contributed by atoms with van der Waals surface area (Å²) in [6.07, 6.45) is 6.88. The molecule has 0 aliphatic heterocycles. The van der Waals surface area contributed by atoms with Gasteiger partial charge in [-0.1, -0.05) is 6.08 Å². The second-order valence-corrected chi connectivity index (χ2v) is 2.54. The number of aldehydes is 1. The van der Waals surface area contributed by atoms with Crippen LogP contribution in [0.2, 0.25) is 0 Å². The summed E-state index contributed by atoms with van der Waals surface area (Å²) in [7, 11) is 1.48. The highest BCUT2D eigenvalue weighted by atomic mass is 16.6. The van der Waals surface area contributed by atoms with E-state index in [9.17, 15) is 4.79 Å². The smallest absolute Gasteiger partial charge is 0.154 e. The summed E-state index contributed by atoms with van der Waals surface area (Å²) in [5.41, 5.74) is 0. The number of methoxy groups -OCH3 is 1. The van der Waals surface area contributed by atoms with E-state index in [2.05, 4.69) is 4.74 Å². The quantitative estimate of drug-likeness (QED) is 0.272. The summed E-state index contributed by atoms with van der Waals surface area (Å²) in [6.45, 7) is 0. The predicted octanol–water partition coefficient (Wildman–Crippen LogP) is 1.27. The van der Waals surface area contributed by atoms with Gasteiger partial charge in [0.15, 0.2) is 6.29 Å². The van der Waals surface area contributed by atoms with Crippen molar-refractivity contribution in [1.82, 2.24) is 0 Å². The molecule has 3 heteroatoms. The molecular formula is C9H16O3. The van der Waals surface area contributed by atoms with E-state index in [1.807, 2.05) is 6.08 Å². The van der Waals surface area contributed by atoms with Crippen LogP contribution in [0.25, 0.3) is 0 Å². The Hall–Kier alpha value is -0.670. The van der Waals surface area contributed by atoms with Crippen molar-refractivity contribution in [3.63, 3.8) is 0 Å². The van der Waals surface area contributed by atoms with Gasteiger partial charge in [-0.25, -0.2) is 0 Å². The van der Waals surface area contributed by atoms with Gasteiger partial charge in [-0.05, 0) is 31.8 Å². The van der Waals surface area contributed by atoms with Gasteiger partial charge in [0.2, 0.25) is 0 Å². The Balaban J connectivity index is 3.10. The zero-order chi connectivity index (χ0) is 9.23. The van der Waals surface area contributed by atoms with E-state index in [4.69, 9.17) is 5.11 Å². The maximum absolute atomic E-state index is 9.85. The van der Waals surface area contributed by atoms with E-state index in [0.717, 1.165) is 25.5 Å². The lowest BCUT2D eigenvalue weighted by atomic mass is 10.2. The zero-order valence-electron chi connectivity index (χ0n) is 7.40. The van der Waals surface area contributed by atoms with Gasteiger partial charge in [0, 0.05) is 7.11 Å². The molecule has 0 aliphatic rings. The van der Waals surface area contributed by atoms with Crippen molar-refractivity contribution in [3.05, 3.63) is 12.2 Å². The molecule has 0 fully saturated rings. The van der Waals surface area contributed by atoms with Gasteiger partial charge in [0.25, 0.3) is 0 Å². The van der Waals surface area contributed by atoms with E-state index >= 15 is 0 Å². The van der Waals surface area contributed by atoms with Crippen LogP contribution < -0.4 is 0 Å². The molecule has 1 atom stereocenters. The molecule has 0 heterocycles. The largest absolute Gasteiger partial charge is 0.368 e. The van der Waals surface area contributed by atoms with Gasteiger partial charge in [-0.2, -0.15) is 0 Å². The van der Waals surface area contributed by atoms with E-state index < -0.39 is 6.29 Å². The number of ether oxygens (including phenoxy) is 1. The summed E-state index contributed by atoms with van der Waals surface area (Å²) in [4.78, 5) is 9.85. The molecule has 0 amide bonds. The van der Waals surface area contributed by atoms with Crippen LogP contribution in [0.15, 0.2) is 12.2 Å². The Labute approximate surface area is 73.0 Å². The Kier molecular flexibility index (Phi) is 7.96. The number of hydrogen-bond acceptors (Lipinski definition) is 3. The number of rotatable bonds is 7. The number of carbonyl (C=O) groups is 1. The minimum atomic E-state index is -0.639. The molecule has 0 saturated heterocycles. The third-order valence-electron chi connectivity index (χ3n) is 1.56. The van der Waals surface area contributed by atoms with Crippen molar-refractivity contribution in [3.8, 4) is 0 Å². The van der Waals surface area contributed by atoms with Crippen molar-refractivity contribution in [2.24, 2.45) is 0 Å². The third-order valence-corrected chi connectivity index (χ3v) is 1.56. The average molecular weight is 172 g/mol. The molecule has 0 bridgehead atoms. The van der Waals surface area contributed by atoms with Crippen molar-refractivity contribution in [1.29, 1.82) is 0 Å². The number of hydrogen-bond donors (Lipinski definition) is 1. The minimum Gasteiger partial charge on any atom is -0.368 e. The van der Waals surface area contributed by atoms with E-state index in [0.29, 0.717) is 6.42 Å². The number of unbranched alkanes of at least 4 members (excludes halogenated alkanes) is 2. The van der Waals surface area contributed by atoms with Gasteiger partial charge in [-0.15, -0.1) is 0 Å². The van der Waals surface area contributed by atoms with Crippen LogP contribution in [-0.4, -0.2) is 24.8 Å². The summed E-state index contributed by atoms with van der Waals surface area (Å²) in [5.74, 6) is 0. The molecule has 0 aromatic carbocycles. The third kappa shape index (κ3) is 7.44. The highest BCUT2D eigenvalue weighted by Crippen LogP contribution is 2.04. The average Bonchev–Trinajstić information content (AvgIpc) is 2.10. The molecule has 12 heavy (non-hydrogen) atoms. The Bertz CT molecular complexity index is 132. The van der Waals surface area contributed by atoms with Gasteiger partial charge in [0.1, 0.15) is 6.29 Å². The topological polar surface area (TPSA) is 46.5 Å². The van der Waals surface area contributed by atoms with Gasteiger partial charge >= 0.3 is 0 Å². The van der Waals surface area contributed by atoms with E-state index in [-0.39, 0.29) is 0 Å². The molecule has 70 valence electrons. The molecule has 0 aliphatic carbocycles. The second kappa shape index (κ2) is 8.43. The zero-order valence-corrected chi connectivity index (χ0v) is 7.40. The lowest BCUT2D eigenvalue weighted by Crippen LogP contribution is -2.07. The summed E-state index contributed by atoms with van der Waals surface area (Å²) in [5, 5.41) is 8.96. The Morgan fingerprint density at radius 2 is 2.25 bits per heavy atom. The van der Waals surface area contributed by atoms with Gasteiger partial charge in [0.05, 0.1) is 0 Å². The van der Waals surface area contributed by atoms with Crippen molar-refractivity contribution >= 4 is 6.29 Å². The van der Waals surface area contributed by atoms with Crippen LogP contribution in [-0.2, 0) is 9.53 Å². The number of aliphatic hydroxyl groups excluding tert-OH is 1. The fourth-order valence-corrected chi connectivity index (χ4v) is 0.851. The second-order valence-electron chi connectivity index (χ2n) is 2.54. The minimum absolute atomic E-state index is 0.639. The van der Waals surface area contributed by atoms with Crippen molar-refractivity contribution in [2.75, 3.05) is 7.11 Å². The molecule has 3 nitrogen and oxygen atoms in total. The highest BCUT2D eigenvalue weighted by Gasteiger charge is 1.98. The van der Waals surface area contributed by atoms with Crippen molar-refractivity contribution < 1.29 is 14.6 Å². The fraction of sp³-hybridized carbons (Fsp3) is 0.667. The Morgan fingerprint density at radius 1 is 1.50 bits per heavy atom. The maximum Gasteiger partial charge on any atom is 0.154 e. The summed E-state index contributed by atoms with van der Waals surface area (Å²) in [6, 6.07) is 0. The van der Waals surface area contributed by atoms with Gasteiger partial charge < -0.3 is 9.84 Å².